The van der Waals surface area contributed by atoms with Crippen molar-refractivity contribution in [3.05, 3.63) is 10.6 Å². The van der Waals surface area contributed by atoms with E-state index >= 15 is 0 Å². The van der Waals surface area contributed by atoms with E-state index in [1.807, 2.05) is 11.9 Å². The fourth-order valence-electron chi connectivity index (χ4n) is 3.03. The van der Waals surface area contributed by atoms with Gasteiger partial charge in [0.05, 0.1) is 17.2 Å². The highest BCUT2D eigenvalue weighted by atomic mass is 32.2. The van der Waals surface area contributed by atoms with E-state index in [0.29, 0.717) is 18.5 Å². The first-order valence-corrected chi connectivity index (χ1v) is 9.67. The summed E-state index contributed by atoms with van der Waals surface area (Å²) in [5.41, 5.74) is 0.682. The molecule has 1 aliphatic heterocycles. The average Bonchev–Trinajstić information content (AvgIpc) is 3.00. The van der Waals surface area contributed by atoms with Gasteiger partial charge in [0.1, 0.15) is 5.92 Å². The third-order valence-corrected chi connectivity index (χ3v) is 7.27. The topological polar surface area (TPSA) is 87.6 Å². The lowest BCUT2D eigenvalue weighted by Crippen LogP contribution is -2.32. The van der Waals surface area contributed by atoms with E-state index in [1.165, 1.54) is 11.3 Å². The molecule has 0 amide bonds. The highest BCUT2D eigenvalue weighted by molar-refractivity contribution is 7.91. The van der Waals surface area contributed by atoms with Gasteiger partial charge in [-0.15, -0.1) is 11.3 Å². The number of hydrogen-bond donors (Lipinski definition) is 1. The van der Waals surface area contributed by atoms with Gasteiger partial charge >= 0.3 is 5.97 Å². The van der Waals surface area contributed by atoms with Crippen LogP contribution in [0.4, 0.5) is 5.13 Å². The molecule has 1 aromatic rings. The fourth-order valence-corrected chi connectivity index (χ4v) is 6.00. The SMILES string of the molecule is CN(c1nc2c(s1)CCCC2C(=O)O)C1CCS(=O)(=O)C1. The van der Waals surface area contributed by atoms with Crippen LogP contribution in [-0.4, -0.2) is 49.1 Å². The molecule has 0 aromatic carbocycles. The highest BCUT2D eigenvalue weighted by Gasteiger charge is 2.34. The van der Waals surface area contributed by atoms with Gasteiger partial charge in [-0.2, -0.15) is 0 Å². The van der Waals surface area contributed by atoms with Gasteiger partial charge in [-0.25, -0.2) is 13.4 Å². The Balaban J connectivity index is 1.86. The van der Waals surface area contributed by atoms with Gasteiger partial charge in [0.15, 0.2) is 15.0 Å². The Hall–Kier alpha value is -1.15. The maximum absolute atomic E-state index is 11.6. The lowest BCUT2D eigenvalue weighted by molar-refractivity contribution is -0.139. The van der Waals surface area contributed by atoms with Crippen molar-refractivity contribution in [2.24, 2.45) is 0 Å². The molecule has 1 saturated heterocycles. The minimum Gasteiger partial charge on any atom is -0.481 e. The number of sulfone groups is 1. The molecule has 0 bridgehead atoms. The molecule has 1 fully saturated rings. The molecule has 1 aromatic heterocycles. The first-order chi connectivity index (χ1) is 9.87. The van der Waals surface area contributed by atoms with Gasteiger partial charge < -0.3 is 10.0 Å². The summed E-state index contributed by atoms with van der Waals surface area (Å²) in [5.74, 6) is -0.945. The molecule has 0 radical (unpaired) electrons. The quantitative estimate of drug-likeness (QED) is 0.898. The van der Waals surface area contributed by atoms with Crippen LogP contribution in [0.5, 0.6) is 0 Å². The predicted octanol–water partition coefficient (Wildman–Crippen LogP) is 1.27. The van der Waals surface area contributed by atoms with Crippen LogP contribution in [0.25, 0.3) is 0 Å². The first kappa shape index (κ1) is 14.8. The molecule has 0 saturated carbocycles. The number of rotatable bonds is 3. The molecular weight excluding hydrogens is 312 g/mol. The average molecular weight is 330 g/mol. The number of fused-ring (bicyclic) bond motifs is 1. The summed E-state index contributed by atoms with van der Waals surface area (Å²) < 4.78 is 23.2. The molecule has 0 spiro atoms. The Morgan fingerprint density at radius 2 is 2.19 bits per heavy atom. The number of carboxylic acid groups (broad SMARTS) is 1. The second kappa shape index (κ2) is 5.24. The highest BCUT2D eigenvalue weighted by Crippen LogP contribution is 2.38. The van der Waals surface area contributed by atoms with Crippen molar-refractivity contribution in [2.75, 3.05) is 23.5 Å². The molecule has 6 nitrogen and oxygen atoms in total. The minimum atomic E-state index is -2.93. The van der Waals surface area contributed by atoms with Crippen LogP contribution in [-0.2, 0) is 21.1 Å². The van der Waals surface area contributed by atoms with E-state index in [0.717, 1.165) is 22.9 Å². The fraction of sp³-hybridized carbons (Fsp3) is 0.692. The Kier molecular flexibility index (Phi) is 3.69. The molecule has 2 unspecified atom stereocenters. The third kappa shape index (κ3) is 2.78. The smallest absolute Gasteiger partial charge is 0.312 e. The van der Waals surface area contributed by atoms with Crippen LogP contribution < -0.4 is 4.90 Å². The molecular formula is C13H18N2O4S2. The Bertz CT molecular complexity index is 668. The van der Waals surface area contributed by atoms with Crippen molar-refractivity contribution in [3.63, 3.8) is 0 Å². The van der Waals surface area contributed by atoms with Gasteiger partial charge in [0.2, 0.25) is 0 Å². The summed E-state index contributed by atoms with van der Waals surface area (Å²) in [7, 11) is -1.08. The van der Waals surface area contributed by atoms with E-state index in [4.69, 9.17) is 0 Å². The zero-order valence-electron chi connectivity index (χ0n) is 11.8. The third-order valence-electron chi connectivity index (χ3n) is 4.30. The Labute approximate surface area is 127 Å². The number of carboxylic acids is 1. The maximum atomic E-state index is 11.6. The number of thiazole rings is 1. The van der Waals surface area contributed by atoms with Crippen LogP contribution in [0.3, 0.4) is 0 Å². The van der Waals surface area contributed by atoms with E-state index in [2.05, 4.69) is 4.98 Å². The van der Waals surface area contributed by atoms with Crippen LogP contribution in [0.2, 0.25) is 0 Å². The maximum Gasteiger partial charge on any atom is 0.312 e. The molecule has 2 atom stereocenters. The molecule has 1 aliphatic carbocycles. The summed E-state index contributed by atoms with van der Waals surface area (Å²) in [4.78, 5) is 18.8. The van der Waals surface area contributed by atoms with Crippen LogP contribution >= 0.6 is 11.3 Å². The summed E-state index contributed by atoms with van der Waals surface area (Å²) in [6.45, 7) is 0. The molecule has 1 N–H and O–H groups in total. The lowest BCUT2D eigenvalue weighted by Gasteiger charge is -2.22. The number of carbonyl (C=O) groups is 1. The Morgan fingerprint density at radius 3 is 2.81 bits per heavy atom. The monoisotopic (exact) mass is 330 g/mol. The number of aryl methyl sites for hydroxylation is 1. The minimum absolute atomic E-state index is 0.0501. The van der Waals surface area contributed by atoms with Crippen molar-refractivity contribution in [1.29, 1.82) is 0 Å². The number of anilines is 1. The second-order valence-electron chi connectivity index (χ2n) is 5.76. The van der Waals surface area contributed by atoms with Crippen LogP contribution in [0.1, 0.15) is 35.8 Å². The predicted molar refractivity (Wildman–Crippen MR) is 80.9 cm³/mol. The summed E-state index contributed by atoms with van der Waals surface area (Å²) in [6, 6.07) is -0.0501. The standard InChI is InChI=1S/C13H18N2O4S2/c1-15(8-5-6-21(18,19)7-8)13-14-11-9(12(16)17)3-2-4-10(11)20-13/h8-9H,2-7H2,1H3,(H,16,17). The van der Waals surface area contributed by atoms with Gasteiger partial charge in [0.25, 0.3) is 0 Å². The summed E-state index contributed by atoms with van der Waals surface area (Å²) in [5, 5.41) is 10.0. The zero-order chi connectivity index (χ0) is 15.2. The first-order valence-electron chi connectivity index (χ1n) is 7.03. The summed E-state index contributed by atoms with van der Waals surface area (Å²) >= 11 is 1.51. The molecule has 116 valence electrons. The van der Waals surface area contributed by atoms with Gasteiger partial charge in [-0.3, -0.25) is 4.79 Å². The van der Waals surface area contributed by atoms with Crippen molar-refractivity contribution in [3.8, 4) is 0 Å². The molecule has 8 heteroatoms. The van der Waals surface area contributed by atoms with Crippen molar-refractivity contribution in [1.82, 2.24) is 4.98 Å². The van der Waals surface area contributed by atoms with Gasteiger partial charge in [-0.1, -0.05) is 0 Å². The molecule has 2 aliphatic rings. The molecule has 3 rings (SSSR count). The summed E-state index contributed by atoms with van der Waals surface area (Å²) in [6.07, 6.45) is 2.99. The molecule has 2 heterocycles. The zero-order valence-corrected chi connectivity index (χ0v) is 13.4. The van der Waals surface area contributed by atoms with E-state index in [1.54, 1.807) is 0 Å². The number of aliphatic carboxylic acids is 1. The largest absolute Gasteiger partial charge is 0.481 e. The normalized spacial score (nSPS) is 27.3. The van der Waals surface area contributed by atoms with Crippen LogP contribution in [0, 0.1) is 0 Å². The Morgan fingerprint density at radius 1 is 1.43 bits per heavy atom. The second-order valence-corrected chi connectivity index (χ2v) is 9.05. The van der Waals surface area contributed by atoms with E-state index in [-0.39, 0.29) is 17.5 Å². The van der Waals surface area contributed by atoms with E-state index < -0.39 is 21.7 Å². The van der Waals surface area contributed by atoms with Gasteiger partial charge in [-0.05, 0) is 25.7 Å². The number of aromatic nitrogens is 1. The van der Waals surface area contributed by atoms with Crippen molar-refractivity contribution in [2.45, 2.75) is 37.6 Å². The lowest BCUT2D eigenvalue weighted by atomic mass is 9.91. The molecule has 21 heavy (non-hydrogen) atoms. The van der Waals surface area contributed by atoms with Gasteiger partial charge in [0, 0.05) is 18.0 Å². The number of hydrogen-bond acceptors (Lipinski definition) is 6. The van der Waals surface area contributed by atoms with Crippen LogP contribution in [0.15, 0.2) is 0 Å². The van der Waals surface area contributed by atoms with E-state index in [9.17, 15) is 18.3 Å². The van der Waals surface area contributed by atoms with Crippen molar-refractivity contribution >= 4 is 32.3 Å². The number of nitrogens with zero attached hydrogens (tertiary/aromatic N) is 2. The van der Waals surface area contributed by atoms with Crippen molar-refractivity contribution < 1.29 is 18.3 Å².